The number of benzene rings is 1. The van der Waals surface area contributed by atoms with Gasteiger partial charge in [0, 0.05) is 37.6 Å². The quantitative estimate of drug-likeness (QED) is 0.326. The molecule has 4 heterocycles. The summed E-state index contributed by atoms with van der Waals surface area (Å²) < 4.78 is 18.7. The van der Waals surface area contributed by atoms with Crippen molar-refractivity contribution >= 4 is 34.6 Å². The van der Waals surface area contributed by atoms with Crippen LogP contribution in [0.1, 0.15) is 5.56 Å². The van der Waals surface area contributed by atoms with E-state index in [1.54, 1.807) is 57.2 Å². The van der Waals surface area contributed by atoms with E-state index in [4.69, 9.17) is 5.11 Å². The van der Waals surface area contributed by atoms with Crippen LogP contribution in [0.5, 0.6) is 0 Å². The highest BCUT2D eigenvalue weighted by Gasteiger charge is 2.25. The highest BCUT2D eigenvalue weighted by atomic mass is 19.1. The number of fused-ring (bicyclic) bond motifs is 1. The Morgan fingerprint density at radius 2 is 2.18 bits per heavy atom. The first-order valence-corrected chi connectivity index (χ1v) is 10.9. The van der Waals surface area contributed by atoms with E-state index in [0.29, 0.717) is 54.7 Å². The molecule has 1 aliphatic rings. The van der Waals surface area contributed by atoms with Crippen molar-refractivity contribution in [3.05, 3.63) is 54.4 Å². The maximum atomic E-state index is 15.5. The third-order valence-corrected chi connectivity index (χ3v) is 5.72. The molecule has 1 aliphatic heterocycles. The topological polar surface area (TPSA) is 126 Å². The molecule has 3 N–H and O–H groups in total. The number of aliphatic hydroxyl groups excluding tert-OH is 1. The normalized spacial score (nSPS) is 16.2. The predicted molar refractivity (Wildman–Crippen MR) is 123 cm³/mol. The van der Waals surface area contributed by atoms with E-state index in [-0.39, 0.29) is 19.0 Å². The zero-order valence-corrected chi connectivity index (χ0v) is 18.3. The second-order valence-electron chi connectivity index (χ2n) is 7.97. The van der Waals surface area contributed by atoms with Gasteiger partial charge in [-0.25, -0.2) is 14.1 Å². The maximum absolute atomic E-state index is 15.5. The Hall–Kier alpha value is -3.90. The van der Waals surface area contributed by atoms with Crippen LogP contribution < -0.4 is 15.5 Å². The minimum absolute atomic E-state index is 0.00895. The van der Waals surface area contributed by atoms with E-state index in [9.17, 15) is 4.79 Å². The van der Waals surface area contributed by atoms with Crippen LogP contribution in [0.4, 0.5) is 21.7 Å². The fourth-order valence-corrected chi connectivity index (χ4v) is 4.04. The summed E-state index contributed by atoms with van der Waals surface area (Å²) in [6.45, 7) is 2.27. The number of halogens is 1. The van der Waals surface area contributed by atoms with Gasteiger partial charge >= 0.3 is 0 Å². The summed E-state index contributed by atoms with van der Waals surface area (Å²) in [5, 5.41) is 24.5. The molecule has 1 unspecified atom stereocenters. The molecular formula is C22H24FN9O2. The molecule has 1 atom stereocenters. The number of carbonyl (C=O) groups excluding carboxylic acids is 1. The van der Waals surface area contributed by atoms with Gasteiger partial charge in [0.15, 0.2) is 11.5 Å². The van der Waals surface area contributed by atoms with Crippen molar-refractivity contribution in [1.29, 1.82) is 0 Å². The fraction of sp³-hybridized carbons (Fsp3) is 0.318. The summed E-state index contributed by atoms with van der Waals surface area (Å²) in [4.78, 5) is 22.1. The van der Waals surface area contributed by atoms with Gasteiger partial charge in [-0.1, -0.05) is 12.1 Å². The SMILES string of the molecule is O=CC1CNCCN1c1cccc(Cn2ncc3cnc(Nc4cnn(CCO)c4)nc32)c1F. The number of aromatic nitrogens is 6. The van der Waals surface area contributed by atoms with Crippen molar-refractivity contribution in [1.82, 2.24) is 34.8 Å². The number of nitrogens with zero attached hydrogens (tertiary/aromatic N) is 7. The van der Waals surface area contributed by atoms with Crippen molar-refractivity contribution in [2.75, 3.05) is 36.5 Å². The van der Waals surface area contributed by atoms with Crippen molar-refractivity contribution in [2.24, 2.45) is 0 Å². The van der Waals surface area contributed by atoms with E-state index >= 15 is 4.39 Å². The molecular weight excluding hydrogens is 441 g/mol. The molecule has 11 nitrogen and oxygen atoms in total. The summed E-state index contributed by atoms with van der Waals surface area (Å²) in [5.74, 6) is -0.0229. The minimum Gasteiger partial charge on any atom is -0.394 e. The van der Waals surface area contributed by atoms with Crippen LogP contribution in [-0.4, -0.2) is 73.2 Å². The largest absolute Gasteiger partial charge is 0.394 e. The lowest BCUT2D eigenvalue weighted by atomic mass is 10.1. The predicted octanol–water partition coefficient (Wildman–Crippen LogP) is 0.923. The standard InChI is InChI=1S/C22H24FN9O2/c23-20-15(2-1-3-19(20)31-5-4-24-11-18(31)14-34)12-32-21-16(9-27-32)8-25-22(29-21)28-17-10-26-30(13-17)6-7-33/h1-3,8-10,13-14,18,24,33H,4-7,11-12H2,(H,25,28,29). The summed E-state index contributed by atoms with van der Waals surface area (Å²) in [6.07, 6.45) is 7.49. The van der Waals surface area contributed by atoms with Crippen molar-refractivity contribution in [2.45, 2.75) is 19.1 Å². The zero-order chi connectivity index (χ0) is 23.5. The number of anilines is 3. The van der Waals surface area contributed by atoms with Gasteiger partial charge in [0.25, 0.3) is 0 Å². The highest BCUT2D eigenvalue weighted by Crippen LogP contribution is 2.26. The third kappa shape index (κ3) is 4.32. The Balaban J connectivity index is 1.40. The molecule has 34 heavy (non-hydrogen) atoms. The van der Waals surface area contributed by atoms with Crippen molar-refractivity contribution in [3.8, 4) is 0 Å². The molecule has 0 radical (unpaired) electrons. The van der Waals surface area contributed by atoms with Gasteiger partial charge in [-0.15, -0.1) is 0 Å². The first kappa shape index (κ1) is 21.9. The molecule has 0 bridgehead atoms. The van der Waals surface area contributed by atoms with Crippen molar-refractivity contribution in [3.63, 3.8) is 0 Å². The molecule has 0 spiro atoms. The lowest BCUT2D eigenvalue weighted by molar-refractivity contribution is -0.109. The summed E-state index contributed by atoms with van der Waals surface area (Å²) in [6, 6.07) is 4.78. The van der Waals surface area contributed by atoms with E-state index < -0.39 is 6.04 Å². The summed E-state index contributed by atoms with van der Waals surface area (Å²) >= 11 is 0. The molecule has 0 saturated carbocycles. The molecule has 12 heteroatoms. The highest BCUT2D eigenvalue weighted by molar-refractivity contribution is 5.75. The monoisotopic (exact) mass is 465 g/mol. The first-order valence-electron chi connectivity index (χ1n) is 10.9. The number of hydrogen-bond donors (Lipinski definition) is 3. The second kappa shape index (κ2) is 9.53. The van der Waals surface area contributed by atoms with Crippen LogP contribution >= 0.6 is 0 Å². The number of piperazine rings is 1. The van der Waals surface area contributed by atoms with Gasteiger partial charge < -0.3 is 25.4 Å². The number of aldehydes is 1. The smallest absolute Gasteiger partial charge is 0.229 e. The van der Waals surface area contributed by atoms with Gasteiger partial charge in [0.2, 0.25) is 5.95 Å². The number of carbonyl (C=O) groups is 1. The minimum atomic E-state index is -0.410. The number of aliphatic hydroxyl groups is 1. The van der Waals surface area contributed by atoms with E-state index in [2.05, 4.69) is 30.8 Å². The van der Waals surface area contributed by atoms with Crippen LogP contribution in [0.15, 0.2) is 43.0 Å². The van der Waals surface area contributed by atoms with Crippen LogP contribution in [0.3, 0.4) is 0 Å². The van der Waals surface area contributed by atoms with E-state index in [1.807, 2.05) is 0 Å². The van der Waals surface area contributed by atoms with Gasteiger partial charge in [-0.3, -0.25) is 4.68 Å². The molecule has 0 aliphatic carbocycles. The maximum Gasteiger partial charge on any atom is 0.229 e. The van der Waals surface area contributed by atoms with Crippen LogP contribution in [-0.2, 0) is 17.9 Å². The third-order valence-electron chi connectivity index (χ3n) is 5.72. The molecule has 1 aromatic carbocycles. The Kier molecular flexibility index (Phi) is 6.14. The van der Waals surface area contributed by atoms with Crippen molar-refractivity contribution < 1.29 is 14.3 Å². The van der Waals surface area contributed by atoms with E-state index in [0.717, 1.165) is 11.7 Å². The summed E-state index contributed by atoms with van der Waals surface area (Å²) in [7, 11) is 0. The number of hydrogen-bond acceptors (Lipinski definition) is 9. The Morgan fingerprint density at radius 1 is 1.26 bits per heavy atom. The molecule has 5 rings (SSSR count). The summed E-state index contributed by atoms with van der Waals surface area (Å²) in [5.41, 5.74) is 2.09. The lowest BCUT2D eigenvalue weighted by Crippen LogP contribution is -2.52. The van der Waals surface area contributed by atoms with Gasteiger partial charge in [0.1, 0.15) is 6.29 Å². The van der Waals surface area contributed by atoms with Crippen LogP contribution in [0, 0.1) is 5.82 Å². The molecule has 1 fully saturated rings. The van der Waals surface area contributed by atoms with Crippen LogP contribution in [0.25, 0.3) is 11.0 Å². The Bertz CT molecular complexity index is 1300. The number of rotatable bonds is 8. The van der Waals surface area contributed by atoms with Crippen LogP contribution in [0.2, 0.25) is 0 Å². The molecule has 4 aromatic rings. The Morgan fingerprint density at radius 3 is 3.03 bits per heavy atom. The van der Waals surface area contributed by atoms with Gasteiger partial charge in [-0.2, -0.15) is 15.2 Å². The first-order chi connectivity index (χ1) is 16.7. The molecule has 1 saturated heterocycles. The van der Waals surface area contributed by atoms with E-state index in [1.165, 1.54) is 0 Å². The van der Waals surface area contributed by atoms with Gasteiger partial charge in [0.05, 0.1) is 54.9 Å². The lowest BCUT2D eigenvalue weighted by Gasteiger charge is -2.35. The molecule has 3 aromatic heterocycles. The fourth-order valence-electron chi connectivity index (χ4n) is 4.04. The average Bonchev–Trinajstić information content (AvgIpc) is 3.47. The second-order valence-corrected chi connectivity index (χ2v) is 7.97. The molecule has 0 amide bonds. The Labute approximate surface area is 194 Å². The average molecular weight is 465 g/mol. The zero-order valence-electron chi connectivity index (χ0n) is 18.3. The molecule has 176 valence electrons. The van der Waals surface area contributed by atoms with Gasteiger partial charge in [-0.05, 0) is 6.07 Å². The number of nitrogens with one attached hydrogen (secondary N) is 2.